The van der Waals surface area contributed by atoms with Gasteiger partial charge in [-0.25, -0.2) is 0 Å². The normalized spacial score (nSPS) is 31.5. The average molecular weight is 167 g/mol. The summed E-state index contributed by atoms with van der Waals surface area (Å²) in [5.74, 6) is 1.61. The molecule has 0 unspecified atom stereocenters. The van der Waals surface area contributed by atoms with E-state index < -0.39 is 0 Å². The average Bonchev–Trinajstić information content (AvgIpc) is 1.20. The molecular formula is C5H14P3+. The first-order valence-corrected chi connectivity index (χ1v) is 10.9. The topological polar surface area (TPSA) is 0 Å². The monoisotopic (exact) mass is 167 g/mol. The second kappa shape index (κ2) is 1.88. The van der Waals surface area contributed by atoms with Crippen LogP contribution in [0.1, 0.15) is 0 Å². The van der Waals surface area contributed by atoms with Gasteiger partial charge < -0.3 is 0 Å². The van der Waals surface area contributed by atoms with E-state index in [0.717, 1.165) is 0 Å². The van der Waals surface area contributed by atoms with E-state index in [-0.39, 0.29) is 13.9 Å². The van der Waals surface area contributed by atoms with E-state index in [2.05, 4.69) is 26.7 Å². The van der Waals surface area contributed by atoms with Gasteiger partial charge in [0.05, 0.1) is 0 Å². The summed E-state index contributed by atoms with van der Waals surface area (Å²) >= 11 is 0. The van der Waals surface area contributed by atoms with Crippen LogP contribution in [0.2, 0.25) is 0 Å². The van der Waals surface area contributed by atoms with Crippen molar-refractivity contribution in [3.05, 3.63) is 0 Å². The molecule has 1 heterocycles. The molecule has 0 aromatic carbocycles. The highest BCUT2D eigenvalue weighted by atomic mass is 32.5. The smallest absolute Gasteiger partial charge is 0.111 e. The first-order valence-electron chi connectivity index (χ1n) is 2.82. The van der Waals surface area contributed by atoms with Crippen LogP contribution in [0, 0.1) is 0 Å². The quantitative estimate of drug-likeness (QED) is 0.485. The zero-order valence-electron chi connectivity index (χ0n) is 6.05. The van der Waals surface area contributed by atoms with Gasteiger partial charge in [-0.2, -0.15) is 0 Å². The molecule has 3 heteroatoms. The number of rotatable bonds is 0. The van der Waals surface area contributed by atoms with Crippen LogP contribution in [-0.2, 0) is 0 Å². The maximum Gasteiger partial charge on any atom is 0.111 e. The molecule has 1 aliphatic rings. The summed E-state index contributed by atoms with van der Waals surface area (Å²) in [5, 5.41) is 0. The van der Waals surface area contributed by atoms with Crippen LogP contribution in [0.15, 0.2) is 0 Å². The first-order chi connectivity index (χ1) is 3.41. The van der Waals surface area contributed by atoms with Crippen molar-refractivity contribution in [2.24, 2.45) is 0 Å². The summed E-state index contributed by atoms with van der Waals surface area (Å²) in [7, 11) is 1.85. The fourth-order valence-corrected chi connectivity index (χ4v) is 30.1. The third kappa shape index (κ3) is 1.63. The van der Waals surface area contributed by atoms with Crippen LogP contribution in [0.3, 0.4) is 0 Å². The van der Waals surface area contributed by atoms with E-state index in [4.69, 9.17) is 0 Å². The fourth-order valence-electron chi connectivity index (χ4n) is 1.49. The van der Waals surface area contributed by atoms with Crippen molar-refractivity contribution < 1.29 is 0 Å². The molecule has 0 atom stereocenters. The molecule has 0 aromatic heterocycles. The van der Waals surface area contributed by atoms with Gasteiger partial charge in [0.1, 0.15) is 5.90 Å². The lowest BCUT2D eigenvalue weighted by Gasteiger charge is -2.47. The Bertz CT molecular complexity index is 84.2. The van der Waals surface area contributed by atoms with Gasteiger partial charge in [-0.1, -0.05) is 13.9 Å². The van der Waals surface area contributed by atoms with E-state index in [1.165, 1.54) is 0 Å². The Labute approximate surface area is 55.1 Å². The number of hydrogen-bond donors (Lipinski definition) is 0. The van der Waals surface area contributed by atoms with Crippen LogP contribution < -0.4 is 0 Å². The Balaban J connectivity index is 2.42. The van der Waals surface area contributed by atoms with Crippen LogP contribution >= 0.6 is 21.9 Å². The molecule has 1 aliphatic heterocycles. The van der Waals surface area contributed by atoms with Crippen LogP contribution in [0.25, 0.3) is 0 Å². The molecule has 0 bridgehead atoms. The van der Waals surface area contributed by atoms with Crippen molar-refractivity contribution in [2.45, 2.75) is 0 Å². The van der Waals surface area contributed by atoms with Gasteiger partial charge in [0.25, 0.3) is 0 Å². The highest BCUT2D eigenvalue weighted by Crippen LogP contribution is 3.03. The lowest BCUT2D eigenvalue weighted by molar-refractivity contribution is 1.89. The van der Waals surface area contributed by atoms with E-state index >= 15 is 0 Å². The van der Waals surface area contributed by atoms with E-state index in [1.54, 1.807) is 5.90 Å². The SMILES string of the molecule is C[P+]1(C)C[P+](C)(C)[P-]1. The summed E-state index contributed by atoms with van der Waals surface area (Å²) < 4.78 is 0. The third-order valence-electron chi connectivity index (χ3n) is 1.18. The van der Waals surface area contributed by atoms with Crippen molar-refractivity contribution >= 4 is 21.9 Å². The largest absolute Gasteiger partial charge is 0.112 e. The maximum atomic E-state index is 2.47. The van der Waals surface area contributed by atoms with Gasteiger partial charge >= 0.3 is 0 Å². The molecule has 0 aliphatic carbocycles. The fraction of sp³-hybridized carbons (Fsp3) is 1.00. The molecule has 1 rings (SSSR count). The first kappa shape index (κ1) is 7.40. The molecule has 0 amide bonds. The summed E-state index contributed by atoms with van der Waals surface area (Å²) in [6.45, 7) is 9.26. The molecular weight excluding hydrogens is 153 g/mol. The standard InChI is InChI=1S/C5H14P3/c1-7(2)5-8(3,4)6-7/h5H2,1-4H3/q+1. The van der Waals surface area contributed by atoms with E-state index in [9.17, 15) is 0 Å². The third-order valence-corrected chi connectivity index (χ3v) is 21.6. The van der Waals surface area contributed by atoms with Crippen molar-refractivity contribution in [3.63, 3.8) is 0 Å². The Morgan fingerprint density at radius 2 is 1.25 bits per heavy atom. The Hall–Kier alpha value is 1.29. The lowest BCUT2D eigenvalue weighted by Crippen LogP contribution is -2.02. The molecule has 0 spiro atoms. The highest BCUT2D eigenvalue weighted by Gasteiger charge is 2.43. The van der Waals surface area contributed by atoms with Crippen molar-refractivity contribution in [1.82, 2.24) is 0 Å². The minimum absolute atomic E-state index is 0.316. The molecule has 0 aromatic rings. The Kier molecular flexibility index (Phi) is 1.74. The molecule has 0 saturated carbocycles. The maximum absolute atomic E-state index is 2.47. The van der Waals surface area contributed by atoms with Gasteiger partial charge in [-0.05, 0) is 0 Å². The van der Waals surface area contributed by atoms with Gasteiger partial charge in [-0.3, -0.25) is 0 Å². The van der Waals surface area contributed by atoms with Gasteiger partial charge in [0.15, 0.2) is 0 Å². The van der Waals surface area contributed by atoms with Gasteiger partial charge in [0.2, 0.25) is 0 Å². The van der Waals surface area contributed by atoms with Crippen molar-refractivity contribution in [1.29, 1.82) is 0 Å². The zero-order chi connectivity index (χ0) is 6.41. The lowest BCUT2D eigenvalue weighted by atomic mass is 11.8. The van der Waals surface area contributed by atoms with Gasteiger partial charge in [0, 0.05) is 26.7 Å². The van der Waals surface area contributed by atoms with E-state index in [0.29, 0.717) is 0 Å². The summed E-state index contributed by atoms with van der Waals surface area (Å²) in [4.78, 5) is 0. The minimum atomic E-state index is -0.316. The predicted octanol–water partition coefficient (Wildman–Crippen LogP) is 3.29. The molecule has 0 N–H and O–H groups in total. The highest BCUT2D eigenvalue weighted by molar-refractivity contribution is 8.71. The molecule has 0 radical (unpaired) electrons. The Morgan fingerprint density at radius 1 is 1.00 bits per heavy atom. The molecule has 0 nitrogen and oxygen atoms in total. The predicted molar refractivity (Wildman–Crippen MR) is 49.3 cm³/mol. The summed E-state index contributed by atoms with van der Waals surface area (Å²) in [6, 6.07) is 0. The summed E-state index contributed by atoms with van der Waals surface area (Å²) in [6.07, 6.45) is 0. The van der Waals surface area contributed by atoms with Crippen LogP contribution in [0.5, 0.6) is 0 Å². The molecule has 8 heavy (non-hydrogen) atoms. The second-order valence-electron chi connectivity index (χ2n) is 3.47. The zero-order valence-corrected chi connectivity index (χ0v) is 8.73. The van der Waals surface area contributed by atoms with Crippen molar-refractivity contribution in [2.75, 3.05) is 32.6 Å². The Morgan fingerprint density at radius 3 is 1.25 bits per heavy atom. The van der Waals surface area contributed by atoms with Crippen LogP contribution in [-0.4, -0.2) is 32.6 Å². The van der Waals surface area contributed by atoms with Crippen molar-refractivity contribution in [3.8, 4) is 0 Å². The molecule has 1 saturated heterocycles. The summed E-state index contributed by atoms with van der Waals surface area (Å²) in [5.41, 5.74) is 0. The number of hydrogen-bond acceptors (Lipinski definition) is 0. The second-order valence-corrected chi connectivity index (χ2v) is 19.9. The van der Waals surface area contributed by atoms with Crippen LogP contribution in [0.4, 0.5) is 0 Å². The minimum Gasteiger partial charge on any atom is -0.112 e. The molecule has 1 fully saturated rings. The van der Waals surface area contributed by atoms with E-state index in [1.807, 2.05) is 7.96 Å². The molecule has 48 valence electrons. The van der Waals surface area contributed by atoms with Gasteiger partial charge in [-0.15, -0.1) is 7.96 Å².